The van der Waals surface area contributed by atoms with Gasteiger partial charge in [-0.05, 0) is 70.0 Å². The molecule has 196 valence electrons. The highest BCUT2D eigenvalue weighted by molar-refractivity contribution is 9.10. The second-order valence-electron chi connectivity index (χ2n) is 7.86. The van der Waals surface area contributed by atoms with Crippen LogP contribution >= 0.6 is 27.3 Å². The smallest absolute Gasteiger partial charge is 0.416 e. The lowest BCUT2D eigenvalue weighted by Gasteiger charge is -2.15. The first-order valence-corrected chi connectivity index (χ1v) is 12.0. The Morgan fingerprint density at radius 3 is 2.08 bits per heavy atom. The van der Waals surface area contributed by atoms with E-state index >= 15 is 0 Å². The van der Waals surface area contributed by atoms with E-state index in [-0.39, 0.29) is 20.4 Å². The minimum atomic E-state index is -4.95. The van der Waals surface area contributed by atoms with E-state index in [1.807, 2.05) is 4.98 Å². The van der Waals surface area contributed by atoms with E-state index in [1.54, 1.807) is 24.3 Å². The first-order valence-electron chi connectivity index (χ1n) is 10.4. The number of benzene rings is 2. The molecule has 0 amide bonds. The molecule has 0 aliphatic rings. The third kappa shape index (κ3) is 6.02. The van der Waals surface area contributed by atoms with Gasteiger partial charge >= 0.3 is 18.0 Å². The summed E-state index contributed by atoms with van der Waals surface area (Å²) in [5.74, 6) is 0.695. The Morgan fingerprint density at radius 1 is 1.00 bits per heavy atom. The fourth-order valence-corrected chi connectivity index (χ4v) is 5.50. The van der Waals surface area contributed by atoms with Crippen LogP contribution in [0.5, 0.6) is 17.2 Å². The van der Waals surface area contributed by atoms with Crippen LogP contribution in [0.3, 0.4) is 0 Å². The molecule has 0 aliphatic carbocycles. The normalized spacial score (nSPS) is 13.1. The molecule has 2 heterocycles. The minimum Gasteiger partial charge on any atom is -0.457 e. The quantitative estimate of drug-likeness (QED) is 0.256. The van der Waals surface area contributed by atoms with Crippen molar-refractivity contribution in [2.75, 3.05) is 0 Å². The van der Waals surface area contributed by atoms with Gasteiger partial charge in [0.1, 0.15) is 22.1 Å². The van der Waals surface area contributed by atoms with Crippen LogP contribution in [0.1, 0.15) is 6.92 Å². The molecule has 0 radical (unpaired) electrons. The molecule has 2 aromatic carbocycles. The van der Waals surface area contributed by atoms with E-state index in [0.717, 1.165) is 11.3 Å². The van der Waals surface area contributed by atoms with Crippen molar-refractivity contribution in [1.29, 1.82) is 0 Å². The standard InChI is InChI=1S/C23H16BrF5N2O5S/c1-22(25,26)36-14-8-6-13(7-9-14)35-12-4-2-11(3-5-12)18-17(24)16-19(33)30-21(34)31(20(16)37-18)10-15(32)23(27,28)29/h2-9,15,32H,10H2,1H3,(H,30,33,34). The molecule has 0 saturated carbocycles. The Labute approximate surface area is 216 Å². The molecule has 37 heavy (non-hydrogen) atoms. The van der Waals surface area contributed by atoms with Crippen LogP contribution in [0.25, 0.3) is 20.7 Å². The fourth-order valence-electron chi connectivity index (χ4n) is 3.33. The summed E-state index contributed by atoms with van der Waals surface area (Å²) in [4.78, 5) is 27.0. The number of fused-ring (bicyclic) bond motifs is 1. The highest BCUT2D eigenvalue weighted by Crippen LogP contribution is 2.41. The van der Waals surface area contributed by atoms with Gasteiger partial charge in [-0.3, -0.25) is 14.3 Å². The van der Waals surface area contributed by atoms with Gasteiger partial charge in [-0.1, -0.05) is 0 Å². The largest absolute Gasteiger partial charge is 0.457 e. The molecule has 14 heteroatoms. The number of hydrogen-bond donors (Lipinski definition) is 2. The van der Waals surface area contributed by atoms with E-state index in [0.29, 0.717) is 33.4 Å². The molecule has 1 atom stereocenters. The predicted molar refractivity (Wildman–Crippen MR) is 130 cm³/mol. The molecular formula is C23H16BrF5N2O5S. The van der Waals surface area contributed by atoms with Crippen molar-refractivity contribution in [3.05, 3.63) is 73.8 Å². The zero-order valence-electron chi connectivity index (χ0n) is 18.6. The van der Waals surface area contributed by atoms with Crippen molar-refractivity contribution in [2.45, 2.75) is 31.9 Å². The van der Waals surface area contributed by atoms with Gasteiger partial charge in [-0.25, -0.2) is 4.79 Å². The summed E-state index contributed by atoms with van der Waals surface area (Å²) in [6, 6.07) is 12.0. The summed E-state index contributed by atoms with van der Waals surface area (Å²) in [6.45, 7) is -0.469. The van der Waals surface area contributed by atoms with Gasteiger partial charge in [0, 0.05) is 6.92 Å². The third-order valence-electron chi connectivity index (χ3n) is 4.98. The number of rotatable bonds is 7. The van der Waals surface area contributed by atoms with Crippen molar-refractivity contribution in [2.24, 2.45) is 0 Å². The number of alkyl halides is 5. The minimum absolute atomic E-state index is 0.0331. The van der Waals surface area contributed by atoms with Crippen LogP contribution in [0.15, 0.2) is 62.6 Å². The molecule has 4 aromatic rings. The van der Waals surface area contributed by atoms with Crippen molar-refractivity contribution in [3.63, 3.8) is 0 Å². The van der Waals surface area contributed by atoms with Crippen LogP contribution in [-0.2, 0) is 6.54 Å². The maximum Gasteiger partial charge on any atom is 0.416 e. The fraction of sp³-hybridized carbons (Fsp3) is 0.217. The number of thiophene rings is 1. The lowest BCUT2D eigenvalue weighted by molar-refractivity contribution is -0.207. The number of H-pyrrole nitrogens is 1. The number of nitrogens with one attached hydrogen (secondary N) is 1. The lowest BCUT2D eigenvalue weighted by atomic mass is 10.1. The van der Waals surface area contributed by atoms with Gasteiger partial charge in [0.15, 0.2) is 6.10 Å². The molecule has 0 fully saturated rings. The maximum atomic E-state index is 12.9. The topological polar surface area (TPSA) is 93.5 Å². The second kappa shape index (κ2) is 9.91. The highest BCUT2D eigenvalue weighted by atomic mass is 79.9. The first-order chi connectivity index (χ1) is 17.2. The van der Waals surface area contributed by atoms with Crippen LogP contribution < -0.4 is 20.7 Å². The molecule has 2 N–H and O–H groups in total. The van der Waals surface area contributed by atoms with Crippen molar-refractivity contribution < 1.29 is 36.5 Å². The Hall–Kier alpha value is -3.23. The molecule has 0 bridgehead atoms. The van der Waals surface area contributed by atoms with E-state index in [1.165, 1.54) is 24.3 Å². The lowest BCUT2D eigenvalue weighted by Crippen LogP contribution is -2.38. The number of aromatic amines is 1. The Balaban J connectivity index is 1.62. The summed E-state index contributed by atoms with van der Waals surface area (Å²) < 4.78 is 75.6. The SMILES string of the molecule is CC(F)(F)Oc1ccc(Oc2ccc(-c3sc4c(c3Br)c(=O)[nH]c(=O)n4CC(O)C(F)(F)F)cc2)cc1. The Kier molecular flexibility index (Phi) is 7.18. The molecule has 2 aromatic heterocycles. The second-order valence-corrected chi connectivity index (χ2v) is 9.65. The third-order valence-corrected chi connectivity index (χ3v) is 7.29. The summed E-state index contributed by atoms with van der Waals surface area (Å²) >= 11 is 4.20. The van der Waals surface area contributed by atoms with Crippen molar-refractivity contribution >= 4 is 37.5 Å². The highest BCUT2D eigenvalue weighted by Gasteiger charge is 2.39. The number of nitrogens with zero attached hydrogens (tertiary/aromatic N) is 1. The van der Waals surface area contributed by atoms with Crippen LogP contribution in [-0.4, -0.2) is 33.0 Å². The van der Waals surface area contributed by atoms with E-state index in [9.17, 15) is 36.6 Å². The Morgan fingerprint density at radius 2 is 1.54 bits per heavy atom. The number of ether oxygens (including phenoxy) is 2. The van der Waals surface area contributed by atoms with Gasteiger partial charge in [-0.15, -0.1) is 11.3 Å². The average Bonchev–Trinajstić information content (AvgIpc) is 3.14. The molecule has 0 saturated heterocycles. The van der Waals surface area contributed by atoms with Gasteiger partial charge in [0.05, 0.1) is 21.3 Å². The van der Waals surface area contributed by atoms with Crippen LogP contribution in [0, 0.1) is 0 Å². The van der Waals surface area contributed by atoms with Gasteiger partial charge < -0.3 is 14.6 Å². The zero-order valence-corrected chi connectivity index (χ0v) is 21.0. The van der Waals surface area contributed by atoms with Crippen molar-refractivity contribution in [3.8, 4) is 27.7 Å². The summed E-state index contributed by atoms with van der Waals surface area (Å²) in [7, 11) is 0. The van der Waals surface area contributed by atoms with Gasteiger partial charge in [-0.2, -0.15) is 22.0 Å². The number of aliphatic hydroxyl groups is 1. The van der Waals surface area contributed by atoms with E-state index in [2.05, 4.69) is 20.7 Å². The Bertz CT molecular complexity index is 1540. The molecule has 0 aliphatic heterocycles. The first kappa shape index (κ1) is 26.8. The van der Waals surface area contributed by atoms with Crippen LogP contribution in [0.2, 0.25) is 0 Å². The van der Waals surface area contributed by atoms with E-state index in [4.69, 9.17) is 4.74 Å². The monoisotopic (exact) mass is 606 g/mol. The number of hydrogen-bond acceptors (Lipinski definition) is 6. The summed E-state index contributed by atoms with van der Waals surface area (Å²) in [6.07, 6.45) is -11.1. The molecule has 1 unspecified atom stereocenters. The molecular weight excluding hydrogens is 591 g/mol. The summed E-state index contributed by atoms with van der Waals surface area (Å²) in [5.41, 5.74) is -1.31. The van der Waals surface area contributed by atoms with Gasteiger partial charge in [0.2, 0.25) is 0 Å². The maximum absolute atomic E-state index is 12.9. The zero-order chi connectivity index (χ0) is 27.1. The molecule has 0 spiro atoms. The molecule has 7 nitrogen and oxygen atoms in total. The number of aliphatic hydroxyl groups excluding tert-OH is 1. The molecule has 4 rings (SSSR count). The van der Waals surface area contributed by atoms with Gasteiger partial charge in [0.25, 0.3) is 5.56 Å². The van der Waals surface area contributed by atoms with Crippen LogP contribution in [0.4, 0.5) is 22.0 Å². The average molecular weight is 607 g/mol. The number of aromatic nitrogens is 2. The predicted octanol–water partition coefficient (Wildman–Crippen LogP) is 5.89. The summed E-state index contributed by atoms with van der Waals surface area (Å²) in [5, 5.41) is 9.43. The van der Waals surface area contributed by atoms with E-state index < -0.39 is 36.2 Å². The number of halogens is 6. The van der Waals surface area contributed by atoms with Crippen molar-refractivity contribution in [1.82, 2.24) is 9.55 Å².